The van der Waals surface area contributed by atoms with E-state index in [-0.39, 0.29) is 36.1 Å². The van der Waals surface area contributed by atoms with E-state index in [9.17, 15) is 22.7 Å². The first-order chi connectivity index (χ1) is 19.4. The third-order valence-electron chi connectivity index (χ3n) is 7.07. The van der Waals surface area contributed by atoms with Gasteiger partial charge in [-0.05, 0) is 43.7 Å². The maximum atomic E-state index is 15.9. The number of methoxy groups -OCH3 is 2. The Balaban J connectivity index is 1.80. The highest BCUT2D eigenvalue weighted by molar-refractivity contribution is 7.92. The van der Waals surface area contributed by atoms with Crippen LogP contribution in [0.2, 0.25) is 0 Å². The maximum Gasteiger partial charge on any atom is 0.407 e. The molecule has 1 amide bonds. The molecule has 41 heavy (non-hydrogen) atoms. The van der Waals surface area contributed by atoms with Crippen molar-refractivity contribution in [3.63, 3.8) is 0 Å². The van der Waals surface area contributed by atoms with Crippen LogP contribution in [0.15, 0.2) is 47.4 Å². The summed E-state index contributed by atoms with van der Waals surface area (Å²) in [6.45, 7) is 1.18. The van der Waals surface area contributed by atoms with Gasteiger partial charge in [-0.2, -0.15) is 4.39 Å². The minimum absolute atomic E-state index is 0.0726. The summed E-state index contributed by atoms with van der Waals surface area (Å²) >= 11 is 0. The minimum atomic E-state index is -5.01. The summed E-state index contributed by atoms with van der Waals surface area (Å²) in [5, 5.41) is 9.25. The average Bonchev–Trinajstić information content (AvgIpc) is 3.44. The van der Waals surface area contributed by atoms with Crippen molar-refractivity contribution in [2.75, 3.05) is 43.6 Å². The number of rotatable bonds is 9. The average molecular weight is 595 g/mol. The van der Waals surface area contributed by atoms with Gasteiger partial charge in [0.2, 0.25) is 5.95 Å². The highest BCUT2D eigenvalue weighted by Crippen LogP contribution is 2.36. The van der Waals surface area contributed by atoms with Crippen LogP contribution in [0.3, 0.4) is 0 Å². The van der Waals surface area contributed by atoms with E-state index in [0.29, 0.717) is 22.0 Å². The zero-order valence-corrected chi connectivity index (χ0v) is 23.6. The van der Waals surface area contributed by atoms with Crippen LogP contribution in [0.25, 0.3) is 0 Å². The van der Waals surface area contributed by atoms with E-state index in [4.69, 9.17) is 9.47 Å². The van der Waals surface area contributed by atoms with E-state index in [1.165, 1.54) is 55.2 Å². The van der Waals surface area contributed by atoms with Crippen LogP contribution >= 0.6 is 0 Å². The molecule has 4 rings (SSSR count). The normalized spacial score (nSPS) is 15.1. The SMILES string of the molecule is COc1ccc(CN(c2cccc(F)n2)S(=O)(=O)c2c(F)cc(N(C)[C@H]3CCN(C(=O)O)C3)c(C)c2F)c(OC)c1. The number of pyridine rings is 1. The Bertz CT molecular complexity index is 1570. The zero-order chi connectivity index (χ0) is 30.1. The quantitative estimate of drug-likeness (QED) is 0.363. The van der Waals surface area contributed by atoms with Crippen LogP contribution < -0.4 is 18.7 Å². The molecular weight excluding hydrogens is 565 g/mol. The van der Waals surface area contributed by atoms with E-state index in [1.807, 2.05) is 0 Å². The number of likely N-dealkylation sites (N-methyl/N-ethyl adjacent to an activating group) is 1. The molecule has 1 aliphatic heterocycles. The van der Waals surface area contributed by atoms with E-state index in [0.717, 1.165) is 12.1 Å². The first-order valence-electron chi connectivity index (χ1n) is 12.4. The molecule has 0 radical (unpaired) electrons. The van der Waals surface area contributed by atoms with Crippen LogP contribution in [0, 0.1) is 24.5 Å². The molecule has 1 N–H and O–H groups in total. The second kappa shape index (κ2) is 11.7. The monoisotopic (exact) mass is 594 g/mol. The molecule has 0 aliphatic carbocycles. The Labute approximate surface area is 235 Å². The van der Waals surface area contributed by atoms with E-state index in [2.05, 4.69) is 4.98 Å². The topological polar surface area (TPSA) is 113 Å². The molecule has 0 saturated carbocycles. The van der Waals surface area contributed by atoms with Gasteiger partial charge in [-0.3, -0.25) is 0 Å². The molecule has 2 aromatic carbocycles. The second-order valence-corrected chi connectivity index (χ2v) is 11.2. The van der Waals surface area contributed by atoms with Crippen LogP contribution in [-0.4, -0.2) is 69.9 Å². The van der Waals surface area contributed by atoms with Crippen molar-refractivity contribution in [1.82, 2.24) is 9.88 Å². The molecule has 2 heterocycles. The predicted octanol–water partition coefficient (Wildman–Crippen LogP) is 4.41. The number of aromatic nitrogens is 1. The van der Waals surface area contributed by atoms with Gasteiger partial charge in [0.1, 0.15) is 23.1 Å². The standard InChI is InChI=1S/C27H29F3N4O6S/c1-16-21(32(2)18-10-11-33(15-18)27(35)36)13-20(28)26(25(16)30)41(37,38)34(24-7-5-6-23(29)31-24)14-17-8-9-19(39-3)12-22(17)40-4/h5-9,12-13,18H,10-11,14-15H2,1-4H3,(H,35,36)/t18-/m0/s1. The van der Waals surface area contributed by atoms with Gasteiger partial charge in [-0.1, -0.05) is 6.07 Å². The Morgan fingerprint density at radius 2 is 1.88 bits per heavy atom. The van der Waals surface area contributed by atoms with Gasteiger partial charge in [-0.25, -0.2) is 31.3 Å². The smallest absolute Gasteiger partial charge is 0.407 e. The second-order valence-electron chi connectivity index (χ2n) is 9.44. The van der Waals surface area contributed by atoms with E-state index < -0.39 is 51.0 Å². The Kier molecular flexibility index (Phi) is 8.52. The van der Waals surface area contributed by atoms with Crippen LogP contribution in [0.5, 0.6) is 11.5 Å². The number of nitrogens with zero attached hydrogens (tertiary/aromatic N) is 4. The van der Waals surface area contributed by atoms with Gasteiger partial charge >= 0.3 is 6.09 Å². The number of halogens is 3. The number of carbonyl (C=O) groups is 1. The summed E-state index contributed by atoms with van der Waals surface area (Å²) in [7, 11) is -0.659. The summed E-state index contributed by atoms with van der Waals surface area (Å²) in [4.78, 5) is 16.5. The van der Waals surface area contributed by atoms with Crippen LogP contribution in [0.1, 0.15) is 17.5 Å². The minimum Gasteiger partial charge on any atom is -0.497 e. The number of amides is 1. The van der Waals surface area contributed by atoms with Crippen molar-refractivity contribution >= 4 is 27.6 Å². The highest BCUT2D eigenvalue weighted by Gasteiger charge is 2.36. The van der Waals surface area contributed by atoms with E-state index >= 15 is 8.78 Å². The third kappa shape index (κ3) is 5.82. The van der Waals surface area contributed by atoms with Crippen molar-refractivity contribution in [2.45, 2.75) is 30.8 Å². The van der Waals surface area contributed by atoms with Crippen LogP contribution in [0.4, 0.5) is 29.5 Å². The molecule has 220 valence electrons. The fourth-order valence-electron chi connectivity index (χ4n) is 4.79. The van der Waals surface area contributed by atoms with Crippen molar-refractivity contribution in [2.24, 2.45) is 0 Å². The summed E-state index contributed by atoms with van der Waals surface area (Å²) in [5.41, 5.74) is 0.208. The molecule has 0 unspecified atom stereocenters. The van der Waals surface area contributed by atoms with Crippen LogP contribution in [-0.2, 0) is 16.6 Å². The highest BCUT2D eigenvalue weighted by atomic mass is 32.2. The van der Waals surface area contributed by atoms with Gasteiger partial charge in [0, 0.05) is 49.1 Å². The number of hydrogen-bond acceptors (Lipinski definition) is 7. The lowest BCUT2D eigenvalue weighted by atomic mass is 10.1. The number of sulfonamides is 1. The molecule has 0 bridgehead atoms. The molecule has 10 nitrogen and oxygen atoms in total. The number of anilines is 2. The van der Waals surface area contributed by atoms with Crippen molar-refractivity contribution in [3.05, 3.63) is 71.2 Å². The fourth-order valence-corrected chi connectivity index (χ4v) is 6.35. The molecule has 14 heteroatoms. The van der Waals surface area contributed by atoms with E-state index in [1.54, 1.807) is 13.1 Å². The number of carboxylic acid groups (broad SMARTS) is 1. The lowest BCUT2D eigenvalue weighted by Gasteiger charge is -2.30. The Morgan fingerprint density at radius 3 is 2.49 bits per heavy atom. The summed E-state index contributed by atoms with van der Waals surface area (Å²) in [6.07, 6.45) is -0.676. The Hall–Kier alpha value is -4.20. The van der Waals surface area contributed by atoms with Gasteiger partial charge in [0.25, 0.3) is 10.0 Å². The first-order valence-corrected chi connectivity index (χ1v) is 13.9. The van der Waals surface area contributed by atoms with Gasteiger partial charge in [-0.15, -0.1) is 0 Å². The summed E-state index contributed by atoms with van der Waals surface area (Å²) < 4.78 is 84.7. The van der Waals surface area contributed by atoms with Crippen molar-refractivity contribution < 1.29 is 41.0 Å². The predicted molar refractivity (Wildman–Crippen MR) is 145 cm³/mol. The zero-order valence-electron chi connectivity index (χ0n) is 22.8. The molecule has 3 aromatic rings. The first kappa shape index (κ1) is 29.8. The molecule has 1 atom stereocenters. The number of likely N-dealkylation sites (tertiary alicyclic amines) is 1. The lowest BCUT2D eigenvalue weighted by molar-refractivity contribution is 0.155. The number of hydrogen-bond donors (Lipinski definition) is 1. The Morgan fingerprint density at radius 1 is 1.15 bits per heavy atom. The maximum absolute atomic E-state index is 15.9. The van der Waals surface area contributed by atoms with Gasteiger partial charge in [0.05, 0.1) is 20.8 Å². The number of ether oxygens (including phenoxy) is 2. The third-order valence-corrected chi connectivity index (χ3v) is 8.85. The lowest BCUT2D eigenvalue weighted by Crippen LogP contribution is -2.37. The van der Waals surface area contributed by atoms with Crippen molar-refractivity contribution in [1.29, 1.82) is 0 Å². The fraction of sp³-hybridized carbons (Fsp3) is 0.333. The molecule has 1 aromatic heterocycles. The largest absolute Gasteiger partial charge is 0.497 e. The molecular formula is C27H29F3N4O6S. The summed E-state index contributed by atoms with van der Waals surface area (Å²) in [6, 6.07) is 8.53. The summed E-state index contributed by atoms with van der Waals surface area (Å²) in [5.74, 6) is -3.45. The van der Waals surface area contributed by atoms with Gasteiger partial charge < -0.3 is 24.4 Å². The number of benzene rings is 2. The molecule has 1 fully saturated rings. The molecule has 1 aliphatic rings. The molecule has 0 spiro atoms. The van der Waals surface area contributed by atoms with Crippen molar-refractivity contribution in [3.8, 4) is 11.5 Å². The van der Waals surface area contributed by atoms with Gasteiger partial charge in [0.15, 0.2) is 10.7 Å². The molecule has 1 saturated heterocycles.